The molecule has 8 nitrogen and oxygen atoms in total. The van der Waals surface area contributed by atoms with Crippen molar-refractivity contribution in [2.24, 2.45) is 0 Å². The van der Waals surface area contributed by atoms with Crippen molar-refractivity contribution in [3.8, 4) is 11.5 Å². The molecule has 0 aliphatic carbocycles. The molecule has 200 valence electrons. The van der Waals surface area contributed by atoms with Crippen molar-refractivity contribution in [2.75, 3.05) is 37.2 Å². The largest absolute Gasteiger partial charge is 0.486 e. The molecule has 1 N–H and O–H groups in total. The maximum Gasteiger partial charge on any atom is 0.264 e. The molecule has 1 saturated heterocycles. The first-order valence-electron chi connectivity index (χ1n) is 13.0. The van der Waals surface area contributed by atoms with E-state index in [1.54, 1.807) is 36.4 Å². The summed E-state index contributed by atoms with van der Waals surface area (Å²) in [4.78, 5) is 15.7. The lowest BCUT2D eigenvalue weighted by Crippen LogP contribution is -2.40. The number of rotatable bonds is 9. The Morgan fingerprint density at radius 3 is 2.37 bits per heavy atom. The average Bonchev–Trinajstić information content (AvgIpc) is 2.96. The van der Waals surface area contributed by atoms with Crippen molar-refractivity contribution < 1.29 is 22.7 Å². The molecule has 0 spiro atoms. The molecule has 0 unspecified atom stereocenters. The molecular weight excluding hydrogens is 502 g/mol. The molecule has 0 atom stereocenters. The number of likely N-dealkylation sites (tertiary alicyclic amines) is 1. The van der Waals surface area contributed by atoms with E-state index >= 15 is 0 Å². The third-order valence-corrected chi connectivity index (χ3v) is 8.56. The van der Waals surface area contributed by atoms with E-state index in [1.807, 2.05) is 12.1 Å². The fraction of sp³-hybridized carbons (Fsp3) is 0.345. The monoisotopic (exact) mass is 535 g/mol. The fourth-order valence-electron chi connectivity index (χ4n) is 4.82. The minimum atomic E-state index is -4.01. The van der Waals surface area contributed by atoms with Gasteiger partial charge in [0.15, 0.2) is 11.5 Å². The van der Waals surface area contributed by atoms with Gasteiger partial charge in [0.05, 0.1) is 10.6 Å². The smallest absolute Gasteiger partial charge is 0.264 e. The van der Waals surface area contributed by atoms with Crippen LogP contribution in [0.15, 0.2) is 77.7 Å². The highest BCUT2D eigenvalue weighted by atomic mass is 32.2. The summed E-state index contributed by atoms with van der Waals surface area (Å²) in [6, 6.07) is 21.2. The highest BCUT2D eigenvalue weighted by molar-refractivity contribution is 7.92. The summed E-state index contributed by atoms with van der Waals surface area (Å²) in [5, 5.41) is 2.90. The Kier molecular flexibility index (Phi) is 8.14. The number of benzene rings is 3. The maximum atomic E-state index is 13.6. The first kappa shape index (κ1) is 26.1. The van der Waals surface area contributed by atoms with Crippen molar-refractivity contribution >= 4 is 21.6 Å². The number of nitrogens with zero attached hydrogens (tertiary/aromatic N) is 2. The van der Waals surface area contributed by atoms with E-state index in [4.69, 9.17) is 9.47 Å². The Morgan fingerprint density at radius 1 is 0.842 bits per heavy atom. The van der Waals surface area contributed by atoms with Crippen LogP contribution in [0.25, 0.3) is 0 Å². The summed E-state index contributed by atoms with van der Waals surface area (Å²) in [6.07, 6.45) is 3.77. The molecule has 0 saturated carbocycles. The van der Waals surface area contributed by atoms with Crippen molar-refractivity contribution in [3.05, 3.63) is 83.9 Å². The van der Waals surface area contributed by atoms with E-state index in [9.17, 15) is 13.2 Å². The molecule has 2 aliphatic heterocycles. The molecule has 0 aromatic heterocycles. The molecule has 9 heteroatoms. The molecule has 3 aromatic carbocycles. The molecule has 1 amide bonds. The van der Waals surface area contributed by atoms with Gasteiger partial charge >= 0.3 is 0 Å². The first-order valence-corrected chi connectivity index (χ1v) is 14.5. The lowest BCUT2D eigenvalue weighted by Gasteiger charge is -2.26. The Bertz CT molecular complexity index is 1360. The first-order chi connectivity index (χ1) is 18.5. The summed E-state index contributed by atoms with van der Waals surface area (Å²) < 4.78 is 39.6. The van der Waals surface area contributed by atoms with Crippen molar-refractivity contribution in [2.45, 2.75) is 37.2 Å². The number of hydrogen-bond donors (Lipinski definition) is 1. The fourth-order valence-corrected chi connectivity index (χ4v) is 6.26. The second-order valence-corrected chi connectivity index (χ2v) is 11.4. The lowest BCUT2D eigenvalue weighted by molar-refractivity contribution is -0.119. The summed E-state index contributed by atoms with van der Waals surface area (Å²) in [5.74, 6) is 0.597. The van der Waals surface area contributed by atoms with Crippen LogP contribution >= 0.6 is 0 Å². The van der Waals surface area contributed by atoms with Crippen LogP contribution in [0.5, 0.6) is 11.5 Å². The maximum absolute atomic E-state index is 13.6. The Morgan fingerprint density at radius 2 is 1.58 bits per heavy atom. The van der Waals surface area contributed by atoms with Crippen LogP contribution in [0.2, 0.25) is 0 Å². The van der Waals surface area contributed by atoms with Gasteiger partial charge in [-0.2, -0.15) is 0 Å². The highest BCUT2D eigenvalue weighted by Gasteiger charge is 2.28. The van der Waals surface area contributed by atoms with E-state index in [0.29, 0.717) is 36.9 Å². The van der Waals surface area contributed by atoms with E-state index in [0.717, 1.165) is 29.5 Å². The van der Waals surface area contributed by atoms with Gasteiger partial charge in [-0.05, 0) is 61.3 Å². The number of carbonyl (C=O) groups is 1. The number of nitrogens with one attached hydrogen (secondary N) is 1. The number of fused-ring (bicyclic) bond motifs is 1. The zero-order valence-corrected chi connectivity index (χ0v) is 22.2. The van der Waals surface area contributed by atoms with E-state index in [2.05, 4.69) is 22.3 Å². The second kappa shape index (κ2) is 11.9. The van der Waals surface area contributed by atoms with Crippen LogP contribution in [-0.2, 0) is 27.9 Å². The summed E-state index contributed by atoms with van der Waals surface area (Å²) in [7, 11) is -4.01. The van der Waals surface area contributed by atoms with Gasteiger partial charge in [0.1, 0.15) is 19.8 Å². The van der Waals surface area contributed by atoms with Crippen LogP contribution in [0.1, 0.15) is 30.4 Å². The van der Waals surface area contributed by atoms with Gasteiger partial charge < -0.3 is 14.8 Å². The quantitative estimate of drug-likeness (QED) is 0.446. The van der Waals surface area contributed by atoms with E-state index < -0.39 is 15.9 Å². The van der Waals surface area contributed by atoms with Gasteiger partial charge in [0, 0.05) is 19.2 Å². The van der Waals surface area contributed by atoms with Gasteiger partial charge in [0.25, 0.3) is 10.0 Å². The van der Waals surface area contributed by atoms with Crippen LogP contribution in [0.3, 0.4) is 0 Å². The number of anilines is 1. The average molecular weight is 536 g/mol. The number of carbonyl (C=O) groups excluding carboxylic acids is 1. The number of ether oxygens (including phenoxy) is 2. The summed E-state index contributed by atoms with van der Waals surface area (Å²) >= 11 is 0. The van der Waals surface area contributed by atoms with E-state index in [-0.39, 0.29) is 11.4 Å². The Hall–Kier alpha value is -3.56. The lowest BCUT2D eigenvalue weighted by atomic mass is 10.1. The van der Waals surface area contributed by atoms with Gasteiger partial charge in [-0.3, -0.25) is 14.0 Å². The predicted octanol–water partition coefficient (Wildman–Crippen LogP) is 3.96. The minimum Gasteiger partial charge on any atom is -0.486 e. The number of hydrogen-bond acceptors (Lipinski definition) is 6. The molecule has 2 aliphatic rings. The van der Waals surface area contributed by atoms with Crippen LogP contribution in [0, 0.1) is 0 Å². The molecule has 0 bridgehead atoms. The third-order valence-electron chi connectivity index (χ3n) is 6.77. The molecule has 5 rings (SSSR count). The molecule has 1 fully saturated rings. The van der Waals surface area contributed by atoms with Crippen molar-refractivity contribution in [3.63, 3.8) is 0 Å². The third kappa shape index (κ3) is 6.28. The van der Waals surface area contributed by atoms with Crippen LogP contribution in [0.4, 0.5) is 5.69 Å². The van der Waals surface area contributed by atoms with E-state index in [1.165, 1.54) is 37.0 Å². The molecule has 3 aromatic rings. The summed E-state index contributed by atoms with van der Waals surface area (Å²) in [6.45, 7) is 3.88. The van der Waals surface area contributed by atoms with Crippen LogP contribution in [-0.4, -0.2) is 52.1 Å². The van der Waals surface area contributed by atoms with Gasteiger partial charge in [-0.25, -0.2) is 8.42 Å². The van der Waals surface area contributed by atoms with Gasteiger partial charge in [0.2, 0.25) is 5.91 Å². The van der Waals surface area contributed by atoms with Crippen molar-refractivity contribution in [1.82, 2.24) is 10.2 Å². The minimum absolute atomic E-state index is 0.105. The number of amides is 1. The zero-order chi connectivity index (χ0) is 26.4. The Balaban J connectivity index is 1.31. The van der Waals surface area contributed by atoms with Gasteiger partial charge in [-0.15, -0.1) is 0 Å². The Labute approximate surface area is 224 Å². The summed E-state index contributed by atoms with van der Waals surface area (Å²) in [5.41, 5.74) is 2.52. The number of piperidine rings is 1. The molecular formula is C29H33N3O5S. The topological polar surface area (TPSA) is 88.2 Å². The van der Waals surface area contributed by atoms with Crippen molar-refractivity contribution in [1.29, 1.82) is 0 Å². The standard InChI is InChI=1S/C29H33N3O5S/c33-29(30-20-23-8-7-9-24(18-23)21-31-14-5-2-6-15-31)22-32(38(34,35)26-10-3-1-4-11-26)25-12-13-27-28(19-25)37-17-16-36-27/h1,3-4,7-13,18-19H,2,5-6,14-17,20-22H2,(H,30,33). The van der Waals surface area contributed by atoms with Gasteiger partial charge in [-0.1, -0.05) is 48.9 Å². The SMILES string of the molecule is O=C(CN(c1ccc2c(c1)OCCO2)S(=O)(=O)c1ccccc1)NCc1cccc(CN2CCCCC2)c1. The zero-order valence-electron chi connectivity index (χ0n) is 21.3. The predicted molar refractivity (Wildman–Crippen MR) is 146 cm³/mol. The normalized spacial score (nSPS) is 15.6. The highest BCUT2D eigenvalue weighted by Crippen LogP contribution is 2.35. The molecule has 0 radical (unpaired) electrons. The number of sulfonamides is 1. The molecule has 2 heterocycles. The molecule has 38 heavy (non-hydrogen) atoms. The van der Waals surface area contributed by atoms with Crippen LogP contribution < -0.4 is 19.1 Å². The second-order valence-electron chi connectivity index (χ2n) is 9.59.